The minimum atomic E-state index is 0.719. The van der Waals surface area contributed by atoms with Crippen LogP contribution in [0.3, 0.4) is 0 Å². The molecule has 2 rings (SSSR count). The lowest BCUT2D eigenvalue weighted by atomic mass is 10.2. The molecule has 0 radical (unpaired) electrons. The number of aromatic amines is 1. The van der Waals surface area contributed by atoms with E-state index >= 15 is 0 Å². The molecule has 86 valence electrons. The smallest absolute Gasteiger partial charge is 0.184 e. The summed E-state index contributed by atoms with van der Waals surface area (Å²) >= 11 is 1.62. The van der Waals surface area contributed by atoms with Gasteiger partial charge in [0, 0.05) is 11.3 Å². The second-order valence-corrected chi connectivity index (χ2v) is 4.87. The zero-order valence-electron chi connectivity index (χ0n) is 9.58. The molecule has 16 heavy (non-hydrogen) atoms. The Kier molecular flexibility index (Phi) is 3.24. The molecule has 0 unspecified atom stereocenters. The predicted molar refractivity (Wildman–Crippen MR) is 67.5 cm³/mol. The fourth-order valence-electron chi connectivity index (χ4n) is 1.57. The van der Waals surface area contributed by atoms with Crippen molar-refractivity contribution in [1.82, 2.24) is 15.2 Å². The fraction of sp³-hybridized carbons (Fsp3) is 0.455. The van der Waals surface area contributed by atoms with E-state index < -0.39 is 0 Å². The fourth-order valence-corrected chi connectivity index (χ4v) is 2.43. The second-order valence-electron chi connectivity index (χ2n) is 3.70. The average molecular weight is 236 g/mol. The van der Waals surface area contributed by atoms with Crippen LogP contribution in [0.1, 0.15) is 31.0 Å². The Morgan fingerprint density at radius 3 is 2.88 bits per heavy atom. The Bertz CT molecular complexity index is 472. The molecule has 0 saturated heterocycles. The number of nitrogens with one attached hydrogen (secondary N) is 1. The number of nitrogens with two attached hydrogens (primary N) is 1. The topological polar surface area (TPSA) is 67.6 Å². The van der Waals surface area contributed by atoms with Gasteiger partial charge in [0.05, 0.1) is 10.6 Å². The summed E-state index contributed by atoms with van der Waals surface area (Å²) in [5.74, 6) is 1.65. The van der Waals surface area contributed by atoms with Crippen molar-refractivity contribution in [3.05, 3.63) is 16.8 Å². The molecule has 0 aliphatic carbocycles. The Morgan fingerprint density at radius 1 is 1.44 bits per heavy atom. The molecule has 0 aliphatic heterocycles. The van der Waals surface area contributed by atoms with Crippen LogP contribution in [0.25, 0.3) is 11.4 Å². The van der Waals surface area contributed by atoms with Gasteiger partial charge in [-0.1, -0.05) is 13.8 Å². The standard InChI is InChI=1S/C11H16N4S/c1-3-5-9-13-11(15-14-9)8-6-7(4-2)16-10(8)12/h6H,3-5,12H2,1-2H3,(H,13,14,15). The quantitative estimate of drug-likeness (QED) is 0.857. The third-order valence-electron chi connectivity index (χ3n) is 2.42. The van der Waals surface area contributed by atoms with Crippen molar-refractivity contribution in [2.75, 3.05) is 5.73 Å². The van der Waals surface area contributed by atoms with Crippen LogP contribution < -0.4 is 5.73 Å². The van der Waals surface area contributed by atoms with Gasteiger partial charge in [-0.3, -0.25) is 5.10 Å². The van der Waals surface area contributed by atoms with E-state index in [0.29, 0.717) is 0 Å². The summed E-state index contributed by atoms with van der Waals surface area (Å²) in [5.41, 5.74) is 6.92. The molecular weight excluding hydrogens is 220 g/mol. The maximum absolute atomic E-state index is 5.96. The molecule has 0 spiro atoms. The summed E-state index contributed by atoms with van der Waals surface area (Å²) in [7, 11) is 0. The molecule has 0 amide bonds. The summed E-state index contributed by atoms with van der Waals surface area (Å²) in [6, 6.07) is 2.08. The first-order valence-electron chi connectivity index (χ1n) is 5.54. The van der Waals surface area contributed by atoms with E-state index in [1.807, 2.05) is 0 Å². The van der Waals surface area contributed by atoms with Crippen LogP contribution in [-0.2, 0) is 12.8 Å². The number of anilines is 1. The van der Waals surface area contributed by atoms with Gasteiger partial charge in [0.15, 0.2) is 5.82 Å². The van der Waals surface area contributed by atoms with Crippen LogP contribution >= 0.6 is 11.3 Å². The number of aromatic nitrogens is 3. The molecule has 4 nitrogen and oxygen atoms in total. The van der Waals surface area contributed by atoms with E-state index in [2.05, 4.69) is 35.1 Å². The molecule has 2 aromatic rings. The Hall–Kier alpha value is -1.36. The lowest BCUT2D eigenvalue weighted by molar-refractivity contribution is 0.841. The van der Waals surface area contributed by atoms with Crippen molar-refractivity contribution in [3.63, 3.8) is 0 Å². The van der Waals surface area contributed by atoms with Crippen molar-refractivity contribution < 1.29 is 0 Å². The minimum absolute atomic E-state index is 0.719. The first-order chi connectivity index (χ1) is 7.74. The normalized spacial score (nSPS) is 10.9. The number of aryl methyl sites for hydroxylation is 2. The van der Waals surface area contributed by atoms with Gasteiger partial charge in [-0.15, -0.1) is 11.3 Å². The van der Waals surface area contributed by atoms with E-state index in [-0.39, 0.29) is 0 Å². The minimum Gasteiger partial charge on any atom is -0.390 e. The Balaban J connectivity index is 2.30. The summed E-state index contributed by atoms with van der Waals surface area (Å²) in [6.07, 6.45) is 2.99. The molecule has 5 heteroatoms. The van der Waals surface area contributed by atoms with Crippen molar-refractivity contribution >= 4 is 16.3 Å². The monoisotopic (exact) mass is 236 g/mol. The molecule has 0 saturated carbocycles. The maximum atomic E-state index is 5.96. The van der Waals surface area contributed by atoms with E-state index in [4.69, 9.17) is 5.73 Å². The SMILES string of the molecule is CCCc1nc(-c2cc(CC)sc2N)n[nH]1. The van der Waals surface area contributed by atoms with Gasteiger partial charge in [-0.2, -0.15) is 5.10 Å². The highest BCUT2D eigenvalue weighted by Crippen LogP contribution is 2.32. The number of H-pyrrole nitrogens is 1. The summed E-state index contributed by atoms with van der Waals surface area (Å²) < 4.78 is 0. The highest BCUT2D eigenvalue weighted by Gasteiger charge is 2.12. The van der Waals surface area contributed by atoms with Gasteiger partial charge < -0.3 is 5.73 Å². The number of hydrogen-bond acceptors (Lipinski definition) is 4. The molecule has 0 atom stereocenters. The second kappa shape index (κ2) is 4.65. The number of rotatable bonds is 4. The van der Waals surface area contributed by atoms with Crippen LogP contribution in [0, 0.1) is 0 Å². The molecule has 0 bridgehead atoms. The Labute approximate surface area is 98.9 Å². The third-order valence-corrected chi connectivity index (χ3v) is 3.53. The molecular formula is C11H16N4S. The van der Waals surface area contributed by atoms with Crippen molar-refractivity contribution in [2.24, 2.45) is 0 Å². The zero-order valence-corrected chi connectivity index (χ0v) is 10.4. The van der Waals surface area contributed by atoms with Crippen LogP contribution in [0.4, 0.5) is 5.00 Å². The van der Waals surface area contributed by atoms with Gasteiger partial charge in [0.2, 0.25) is 0 Å². The predicted octanol–water partition coefficient (Wildman–Crippen LogP) is 2.63. The third kappa shape index (κ3) is 2.09. The maximum Gasteiger partial charge on any atom is 0.184 e. The van der Waals surface area contributed by atoms with Gasteiger partial charge >= 0.3 is 0 Å². The number of nitrogens with zero attached hydrogens (tertiary/aromatic N) is 2. The number of thiophene rings is 1. The largest absolute Gasteiger partial charge is 0.390 e. The first-order valence-corrected chi connectivity index (χ1v) is 6.36. The lowest BCUT2D eigenvalue weighted by Crippen LogP contribution is -1.86. The molecule has 0 aromatic carbocycles. The van der Waals surface area contributed by atoms with Crippen molar-refractivity contribution in [1.29, 1.82) is 0 Å². The summed E-state index contributed by atoms with van der Waals surface area (Å²) in [5, 5.41) is 7.96. The molecule has 2 aromatic heterocycles. The van der Waals surface area contributed by atoms with Crippen LogP contribution in [-0.4, -0.2) is 15.2 Å². The van der Waals surface area contributed by atoms with E-state index in [1.165, 1.54) is 4.88 Å². The van der Waals surface area contributed by atoms with E-state index in [0.717, 1.165) is 41.5 Å². The van der Waals surface area contributed by atoms with Crippen LogP contribution in [0.5, 0.6) is 0 Å². The molecule has 3 N–H and O–H groups in total. The van der Waals surface area contributed by atoms with Crippen molar-refractivity contribution in [2.45, 2.75) is 33.1 Å². The molecule has 0 aliphatic rings. The first kappa shape index (κ1) is 11.1. The number of hydrogen-bond donors (Lipinski definition) is 2. The molecule has 2 heterocycles. The lowest BCUT2D eigenvalue weighted by Gasteiger charge is -1.90. The van der Waals surface area contributed by atoms with Gasteiger partial charge in [0.1, 0.15) is 5.82 Å². The number of nitrogen functional groups attached to an aromatic ring is 1. The average Bonchev–Trinajstić information content (AvgIpc) is 2.85. The summed E-state index contributed by atoms with van der Waals surface area (Å²) in [4.78, 5) is 5.71. The highest BCUT2D eigenvalue weighted by molar-refractivity contribution is 7.16. The highest BCUT2D eigenvalue weighted by atomic mass is 32.1. The van der Waals surface area contributed by atoms with Gasteiger partial charge in [-0.05, 0) is 18.9 Å². The van der Waals surface area contributed by atoms with Gasteiger partial charge in [0.25, 0.3) is 0 Å². The van der Waals surface area contributed by atoms with Crippen LogP contribution in [0.2, 0.25) is 0 Å². The van der Waals surface area contributed by atoms with E-state index in [1.54, 1.807) is 11.3 Å². The molecule has 0 fully saturated rings. The van der Waals surface area contributed by atoms with Gasteiger partial charge in [-0.25, -0.2) is 4.98 Å². The summed E-state index contributed by atoms with van der Waals surface area (Å²) in [6.45, 7) is 4.24. The van der Waals surface area contributed by atoms with Crippen molar-refractivity contribution in [3.8, 4) is 11.4 Å². The van der Waals surface area contributed by atoms with E-state index in [9.17, 15) is 0 Å². The van der Waals surface area contributed by atoms with Crippen LogP contribution in [0.15, 0.2) is 6.07 Å². The zero-order chi connectivity index (χ0) is 11.5. The Morgan fingerprint density at radius 2 is 2.25 bits per heavy atom.